The molecule has 21 heavy (non-hydrogen) atoms. The first kappa shape index (κ1) is 15.1. The van der Waals surface area contributed by atoms with Crippen molar-refractivity contribution in [2.75, 3.05) is 7.05 Å². The highest BCUT2D eigenvalue weighted by Gasteiger charge is 1.99. The van der Waals surface area contributed by atoms with E-state index in [4.69, 9.17) is 0 Å². The average Bonchev–Trinajstić information content (AvgIpc) is 2.49. The van der Waals surface area contributed by atoms with Gasteiger partial charge >= 0.3 is 0 Å². The van der Waals surface area contributed by atoms with E-state index in [1.54, 1.807) is 7.05 Å². The number of guanidine groups is 1. The van der Waals surface area contributed by atoms with E-state index in [1.165, 1.54) is 22.3 Å². The summed E-state index contributed by atoms with van der Waals surface area (Å²) in [6.07, 6.45) is 0. The molecule has 0 aliphatic rings. The molecule has 0 spiro atoms. The van der Waals surface area contributed by atoms with Gasteiger partial charge in [-0.15, -0.1) is 0 Å². The second-order valence-electron chi connectivity index (χ2n) is 5.25. The summed E-state index contributed by atoms with van der Waals surface area (Å²) in [7, 11) is 1.79. The Hall–Kier alpha value is -2.29. The first-order valence-corrected chi connectivity index (χ1v) is 7.23. The van der Waals surface area contributed by atoms with Gasteiger partial charge in [0.1, 0.15) is 0 Å². The summed E-state index contributed by atoms with van der Waals surface area (Å²) in [5.41, 5.74) is 5.06. The summed E-state index contributed by atoms with van der Waals surface area (Å²) >= 11 is 0. The maximum absolute atomic E-state index is 4.25. The first-order valence-electron chi connectivity index (χ1n) is 7.23. The van der Waals surface area contributed by atoms with Crippen molar-refractivity contribution in [3.63, 3.8) is 0 Å². The van der Waals surface area contributed by atoms with Gasteiger partial charge in [-0.25, -0.2) is 0 Å². The summed E-state index contributed by atoms with van der Waals surface area (Å²) < 4.78 is 0. The molecule has 0 fully saturated rings. The fourth-order valence-electron chi connectivity index (χ4n) is 2.12. The van der Waals surface area contributed by atoms with Crippen molar-refractivity contribution in [2.45, 2.75) is 26.9 Å². The quantitative estimate of drug-likeness (QED) is 0.667. The minimum absolute atomic E-state index is 0.772. The third-order valence-corrected chi connectivity index (χ3v) is 3.35. The molecule has 0 radical (unpaired) electrons. The lowest BCUT2D eigenvalue weighted by atomic mass is 10.1. The number of benzene rings is 2. The Morgan fingerprint density at radius 1 is 0.857 bits per heavy atom. The van der Waals surface area contributed by atoms with Gasteiger partial charge in [0.25, 0.3) is 0 Å². The van der Waals surface area contributed by atoms with Crippen molar-refractivity contribution in [1.82, 2.24) is 10.6 Å². The minimum Gasteiger partial charge on any atom is -0.352 e. The van der Waals surface area contributed by atoms with Crippen LogP contribution in [0.25, 0.3) is 0 Å². The highest BCUT2D eigenvalue weighted by molar-refractivity contribution is 5.79. The van der Waals surface area contributed by atoms with Crippen molar-refractivity contribution in [3.05, 3.63) is 70.8 Å². The third kappa shape index (κ3) is 4.95. The molecule has 0 aliphatic heterocycles. The van der Waals surface area contributed by atoms with Crippen LogP contribution in [0.1, 0.15) is 22.3 Å². The van der Waals surface area contributed by atoms with Crippen LogP contribution in [0.2, 0.25) is 0 Å². The van der Waals surface area contributed by atoms with Crippen LogP contribution in [0, 0.1) is 13.8 Å². The molecule has 0 aromatic heterocycles. The lowest BCUT2D eigenvalue weighted by molar-refractivity contribution is 0.808. The van der Waals surface area contributed by atoms with Gasteiger partial charge < -0.3 is 10.6 Å². The van der Waals surface area contributed by atoms with Crippen LogP contribution in [0.15, 0.2) is 53.5 Å². The topological polar surface area (TPSA) is 36.4 Å². The monoisotopic (exact) mass is 281 g/mol. The van der Waals surface area contributed by atoms with Gasteiger partial charge in [0, 0.05) is 20.1 Å². The number of aliphatic imine (C=N–C) groups is 1. The lowest BCUT2D eigenvalue weighted by Crippen LogP contribution is -2.36. The van der Waals surface area contributed by atoms with Gasteiger partial charge in [-0.05, 0) is 25.0 Å². The first-order chi connectivity index (χ1) is 10.2. The molecule has 0 atom stereocenters. The molecule has 0 saturated heterocycles. The molecule has 0 aliphatic carbocycles. The Balaban J connectivity index is 1.85. The van der Waals surface area contributed by atoms with Gasteiger partial charge in [0.05, 0.1) is 0 Å². The van der Waals surface area contributed by atoms with Crippen molar-refractivity contribution < 1.29 is 0 Å². The molecule has 0 saturated carbocycles. The molecule has 2 N–H and O–H groups in total. The zero-order chi connectivity index (χ0) is 15.1. The summed E-state index contributed by atoms with van der Waals surface area (Å²) in [5, 5.41) is 6.66. The highest BCUT2D eigenvalue weighted by atomic mass is 15.2. The summed E-state index contributed by atoms with van der Waals surface area (Å²) in [6, 6.07) is 17.0. The number of hydrogen-bond acceptors (Lipinski definition) is 1. The smallest absolute Gasteiger partial charge is 0.191 e. The van der Waals surface area contributed by atoms with E-state index in [2.05, 4.69) is 78.0 Å². The molecule has 0 amide bonds. The molecule has 2 rings (SSSR count). The predicted molar refractivity (Wildman–Crippen MR) is 89.4 cm³/mol. The van der Waals surface area contributed by atoms with Gasteiger partial charge in [0.2, 0.25) is 0 Å². The maximum atomic E-state index is 4.25. The van der Waals surface area contributed by atoms with Crippen LogP contribution in [0.5, 0.6) is 0 Å². The van der Waals surface area contributed by atoms with Crippen LogP contribution in [-0.4, -0.2) is 13.0 Å². The summed E-state index contributed by atoms with van der Waals surface area (Å²) in [4.78, 5) is 4.25. The van der Waals surface area contributed by atoms with E-state index in [-0.39, 0.29) is 0 Å². The zero-order valence-electron chi connectivity index (χ0n) is 13.0. The molecule has 110 valence electrons. The Labute approximate surface area is 127 Å². The van der Waals surface area contributed by atoms with E-state index < -0.39 is 0 Å². The number of nitrogens with one attached hydrogen (secondary N) is 2. The van der Waals surface area contributed by atoms with Crippen molar-refractivity contribution >= 4 is 5.96 Å². The molecular formula is C18H23N3. The van der Waals surface area contributed by atoms with Crippen LogP contribution >= 0.6 is 0 Å². The van der Waals surface area contributed by atoms with Crippen LogP contribution < -0.4 is 10.6 Å². The third-order valence-electron chi connectivity index (χ3n) is 3.35. The number of aryl methyl sites for hydroxylation is 2. The van der Waals surface area contributed by atoms with Crippen molar-refractivity contribution in [1.29, 1.82) is 0 Å². The normalized spacial score (nSPS) is 11.3. The second kappa shape index (κ2) is 7.48. The van der Waals surface area contributed by atoms with Crippen LogP contribution in [-0.2, 0) is 13.1 Å². The van der Waals surface area contributed by atoms with E-state index in [0.29, 0.717) is 0 Å². The molecule has 0 unspecified atom stereocenters. The Morgan fingerprint density at radius 2 is 1.52 bits per heavy atom. The molecule has 3 heteroatoms. The maximum Gasteiger partial charge on any atom is 0.191 e. The van der Waals surface area contributed by atoms with Crippen LogP contribution in [0.4, 0.5) is 0 Å². The average molecular weight is 281 g/mol. The summed E-state index contributed by atoms with van der Waals surface area (Å²) in [5.74, 6) is 0.817. The predicted octanol–water partition coefficient (Wildman–Crippen LogP) is 3.17. The molecule has 2 aromatic carbocycles. The second-order valence-corrected chi connectivity index (χ2v) is 5.25. The SMILES string of the molecule is CN=C(NCc1ccc(C)cc1)NCc1cccc(C)c1. The molecule has 0 heterocycles. The van der Waals surface area contributed by atoms with Crippen molar-refractivity contribution in [3.8, 4) is 0 Å². The zero-order valence-corrected chi connectivity index (χ0v) is 13.0. The lowest BCUT2D eigenvalue weighted by Gasteiger charge is -2.12. The van der Waals surface area contributed by atoms with Gasteiger partial charge in [0.15, 0.2) is 5.96 Å². The van der Waals surface area contributed by atoms with Crippen LogP contribution in [0.3, 0.4) is 0 Å². The minimum atomic E-state index is 0.772. The largest absolute Gasteiger partial charge is 0.352 e. The van der Waals surface area contributed by atoms with E-state index in [9.17, 15) is 0 Å². The Bertz CT molecular complexity index is 600. The number of nitrogens with zero attached hydrogens (tertiary/aromatic N) is 1. The van der Waals surface area contributed by atoms with Gasteiger partial charge in [-0.1, -0.05) is 59.7 Å². The molecule has 2 aromatic rings. The van der Waals surface area contributed by atoms with E-state index in [0.717, 1.165) is 19.0 Å². The molecule has 0 bridgehead atoms. The number of hydrogen-bond donors (Lipinski definition) is 2. The standard InChI is InChI=1S/C18H23N3/c1-14-7-9-16(10-8-14)12-20-18(19-3)21-13-17-6-4-5-15(2)11-17/h4-11H,12-13H2,1-3H3,(H2,19,20,21). The highest BCUT2D eigenvalue weighted by Crippen LogP contribution is 2.04. The van der Waals surface area contributed by atoms with Gasteiger partial charge in [-0.2, -0.15) is 0 Å². The van der Waals surface area contributed by atoms with Crippen molar-refractivity contribution in [2.24, 2.45) is 4.99 Å². The molecular weight excluding hydrogens is 258 g/mol. The van der Waals surface area contributed by atoms with Gasteiger partial charge in [-0.3, -0.25) is 4.99 Å². The summed E-state index contributed by atoms with van der Waals surface area (Å²) in [6.45, 7) is 5.75. The molecule has 3 nitrogen and oxygen atoms in total. The Morgan fingerprint density at radius 3 is 2.14 bits per heavy atom. The fourth-order valence-corrected chi connectivity index (χ4v) is 2.12. The fraction of sp³-hybridized carbons (Fsp3) is 0.278. The van der Waals surface area contributed by atoms with E-state index >= 15 is 0 Å². The number of rotatable bonds is 4. The Kier molecular flexibility index (Phi) is 5.38. The van der Waals surface area contributed by atoms with E-state index in [1.807, 2.05) is 0 Å².